The molecular formula is CsKLiN3O9. The molecule has 0 fully saturated rings. The quantitative estimate of drug-likeness (QED) is 0.227. The van der Waals surface area contributed by atoms with Gasteiger partial charge in [0, 0.05) is 0 Å². The summed E-state index contributed by atoms with van der Waals surface area (Å²) >= 11 is 0. The fourth-order valence-electron chi connectivity index (χ4n) is 0. The van der Waals surface area contributed by atoms with E-state index in [0.717, 1.165) is 0 Å². The van der Waals surface area contributed by atoms with Crippen LogP contribution in [0.2, 0.25) is 0 Å². The molecule has 0 atom stereocenters. The van der Waals surface area contributed by atoms with E-state index in [4.69, 9.17) is 46.0 Å². The van der Waals surface area contributed by atoms with Crippen LogP contribution in [0.15, 0.2) is 0 Å². The Kier molecular flexibility index (Phi) is 71.2. The molecule has 0 amide bonds. The van der Waals surface area contributed by atoms with Gasteiger partial charge < -0.3 is 46.0 Å². The van der Waals surface area contributed by atoms with Crippen molar-refractivity contribution in [2.45, 2.75) is 0 Å². The average Bonchev–Trinajstić information content (AvgIpc) is 1.54. The molecule has 72 valence electrons. The summed E-state index contributed by atoms with van der Waals surface area (Å²) in [4.78, 5) is 24.8. The Morgan fingerprint density at radius 3 is 0.600 bits per heavy atom. The maximum atomic E-state index is 8.25. The molecule has 0 radical (unpaired) electrons. The van der Waals surface area contributed by atoms with E-state index in [-0.39, 0.29) is 139 Å². The van der Waals surface area contributed by atoms with Gasteiger partial charge in [-0.05, 0) is 0 Å². The summed E-state index contributed by atoms with van der Waals surface area (Å²) < 4.78 is 0. The molecule has 0 aromatic carbocycles. The molecule has 0 heterocycles. The van der Waals surface area contributed by atoms with Crippen molar-refractivity contribution < 1.29 is 154 Å². The molecule has 0 saturated carbocycles. The van der Waals surface area contributed by atoms with Crippen LogP contribution in [0.3, 0.4) is 0 Å². The molecule has 0 saturated heterocycles. The smallest absolute Gasteiger partial charge is 0.356 e. The third kappa shape index (κ3) is 861. The van der Waals surface area contributed by atoms with Crippen molar-refractivity contribution in [1.82, 2.24) is 0 Å². The maximum absolute atomic E-state index is 8.25. The number of rotatable bonds is 0. The first-order valence-electron chi connectivity index (χ1n) is 1.64. The molecule has 0 bridgehead atoms. The minimum absolute atomic E-state index is 0. The predicted molar refractivity (Wildman–Crippen MR) is 31.1 cm³/mol. The van der Waals surface area contributed by atoms with Crippen molar-refractivity contribution in [1.29, 1.82) is 0 Å². The molecule has 0 aliphatic rings. The van der Waals surface area contributed by atoms with Crippen LogP contribution in [-0.4, -0.2) is 15.3 Å². The van der Waals surface area contributed by atoms with E-state index in [1.807, 2.05) is 0 Å². The van der Waals surface area contributed by atoms with Crippen molar-refractivity contribution in [3.63, 3.8) is 0 Å². The minimum Gasteiger partial charge on any atom is -0.356 e. The van der Waals surface area contributed by atoms with Crippen LogP contribution < -0.4 is 139 Å². The maximum Gasteiger partial charge on any atom is 1.00 e. The van der Waals surface area contributed by atoms with Crippen molar-refractivity contribution in [2.75, 3.05) is 0 Å². The van der Waals surface area contributed by atoms with Crippen LogP contribution in [0.5, 0.6) is 0 Å². The third-order valence-electron chi connectivity index (χ3n) is 0. The Morgan fingerprint density at radius 1 is 0.600 bits per heavy atom. The molecule has 0 N–H and O–H groups in total. The van der Waals surface area contributed by atoms with Gasteiger partial charge in [0.05, 0.1) is 15.3 Å². The van der Waals surface area contributed by atoms with Gasteiger partial charge in [-0.15, -0.1) is 0 Å². The van der Waals surface area contributed by atoms with E-state index >= 15 is 0 Å². The Bertz CT molecular complexity index is 123. The SMILES string of the molecule is O=[N+]([O-])[O-].O=[N+]([O-])[O-].O=[N+]([O-])[O-].[Cs+].[K+].[Li+]. The van der Waals surface area contributed by atoms with Gasteiger partial charge in [-0.2, -0.15) is 0 Å². The summed E-state index contributed by atoms with van der Waals surface area (Å²) in [6, 6.07) is 0. The molecule has 0 spiro atoms. The monoisotopic (exact) mass is 365 g/mol. The molecule has 0 unspecified atom stereocenters. The first-order chi connectivity index (χ1) is 5.20. The second-order valence-electron chi connectivity index (χ2n) is 0.671. The van der Waals surface area contributed by atoms with E-state index in [1.54, 1.807) is 0 Å². The zero-order chi connectivity index (χ0) is 10.7. The van der Waals surface area contributed by atoms with Gasteiger partial charge in [-0.3, -0.25) is 0 Å². The Balaban J connectivity index is -0.0000000184. The normalized spacial score (nSPS) is 4.80. The first kappa shape index (κ1) is 36.0. The van der Waals surface area contributed by atoms with Crippen molar-refractivity contribution in [2.24, 2.45) is 0 Å². The van der Waals surface area contributed by atoms with Gasteiger partial charge in [0.2, 0.25) is 0 Å². The molecule has 0 aromatic rings. The zero-order valence-electron chi connectivity index (χ0n) is 8.02. The molecule has 12 nitrogen and oxygen atoms in total. The zero-order valence-corrected chi connectivity index (χ0v) is 17.4. The second kappa shape index (κ2) is 29.7. The summed E-state index contributed by atoms with van der Waals surface area (Å²) in [5, 5.41) is 44.2. The van der Waals surface area contributed by atoms with Crippen LogP contribution >= 0.6 is 0 Å². The van der Waals surface area contributed by atoms with Crippen molar-refractivity contribution >= 4 is 0 Å². The van der Waals surface area contributed by atoms with Gasteiger partial charge in [-0.1, -0.05) is 0 Å². The minimum atomic E-state index is -1.75. The fraction of sp³-hybridized carbons (Fsp3) is 0. The van der Waals surface area contributed by atoms with Crippen LogP contribution in [-0.2, 0) is 0 Å². The van der Waals surface area contributed by atoms with Crippen LogP contribution in [0, 0.1) is 46.0 Å². The van der Waals surface area contributed by atoms with Gasteiger partial charge in [0.25, 0.3) is 0 Å². The van der Waals surface area contributed by atoms with E-state index in [1.165, 1.54) is 0 Å². The fourth-order valence-corrected chi connectivity index (χ4v) is 0. The summed E-state index contributed by atoms with van der Waals surface area (Å²) in [6.07, 6.45) is 0. The second-order valence-corrected chi connectivity index (χ2v) is 0.671. The number of nitrogens with zero attached hydrogens (tertiary/aromatic N) is 3. The van der Waals surface area contributed by atoms with E-state index < -0.39 is 15.3 Å². The Hall–Kier alpha value is 1.89. The van der Waals surface area contributed by atoms with Crippen molar-refractivity contribution in [3.05, 3.63) is 46.0 Å². The Morgan fingerprint density at radius 2 is 0.600 bits per heavy atom. The molecule has 0 aliphatic heterocycles. The summed E-state index contributed by atoms with van der Waals surface area (Å²) in [5.74, 6) is 0. The third-order valence-corrected chi connectivity index (χ3v) is 0. The van der Waals surface area contributed by atoms with Crippen LogP contribution in [0.25, 0.3) is 0 Å². The van der Waals surface area contributed by atoms with E-state index in [2.05, 4.69) is 0 Å². The Labute approximate surface area is 195 Å². The average molecular weight is 365 g/mol. The summed E-state index contributed by atoms with van der Waals surface area (Å²) in [7, 11) is 0. The first-order valence-corrected chi connectivity index (χ1v) is 1.64. The van der Waals surface area contributed by atoms with Crippen LogP contribution in [0.1, 0.15) is 0 Å². The predicted octanol–water partition coefficient (Wildman–Crippen LogP) is -9.71. The molecule has 15 heteroatoms. The van der Waals surface area contributed by atoms with Crippen molar-refractivity contribution in [3.8, 4) is 0 Å². The molecule has 0 aliphatic carbocycles. The van der Waals surface area contributed by atoms with Gasteiger partial charge in [0.1, 0.15) is 0 Å². The van der Waals surface area contributed by atoms with Gasteiger partial charge in [0.15, 0.2) is 0 Å². The molecule has 0 aromatic heterocycles. The topological polar surface area (TPSA) is 199 Å². The summed E-state index contributed by atoms with van der Waals surface area (Å²) in [5.41, 5.74) is 0. The van der Waals surface area contributed by atoms with Gasteiger partial charge >= 0.3 is 139 Å². The standard InChI is InChI=1S/Cs.K.Li.3NO3/c;;;3*2-1(3)4/q3*+1;3*-1. The van der Waals surface area contributed by atoms with Crippen LogP contribution in [0.4, 0.5) is 0 Å². The van der Waals surface area contributed by atoms with E-state index in [0.29, 0.717) is 0 Å². The molecular weight excluding hydrogens is 365 g/mol. The number of hydrogen-bond donors (Lipinski definition) is 0. The largest absolute Gasteiger partial charge is 1.00 e. The molecule has 15 heavy (non-hydrogen) atoms. The molecule has 0 rings (SSSR count). The van der Waals surface area contributed by atoms with E-state index in [9.17, 15) is 0 Å². The number of hydrogen-bond acceptors (Lipinski definition) is 9. The summed E-state index contributed by atoms with van der Waals surface area (Å²) in [6.45, 7) is 0. The van der Waals surface area contributed by atoms with Gasteiger partial charge in [-0.25, -0.2) is 0 Å².